The first-order chi connectivity index (χ1) is 4.87. The highest BCUT2D eigenvalue weighted by molar-refractivity contribution is 7.99. The summed E-state index contributed by atoms with van der Waals surface area (Å²) in [6, 6.07) is 0. The molecular weight excluding hydrogens is 164 g/mol. The molecule has 1 aliphatic heterocycles. The fourth-order valence-electron chi connectivity index (χ4n) is 2.04. The molecule has 1 saturated carbocycles. The Morgan fingerprint density at radius 2 is 2.10 bits per heavy atom. The van der Waals surface area contributed by atoms with Crippen molar-refractivity contribution in [1.82, 2.24) is 0 Å². The lowest BCUT2D eigenvalue weighted by Gasteiger charge is -2.21. The fraction of sp³-hybridized carbons (Fsp3) is 1.00. The SMILES string of the molecule is ClCC1CC12CCSCC2. The van der Waals surface area contributed by atoms with Gasteiger partial charge in [-0.15, -0.1) is 11.6 Å². The van der Waals surface area contributed by atoms with Gasteiger partial charge in [0.05, 0.1) is 0 Å². The number of rotatable bonds is 1. The molecule has 1 spiro atoms. The van der Waals surface area contributed by atoms with Crippen LogP contribution < -0.4 is 0 Å². The van der Waals surface area contributed by atoms with Crippen LogP contribution in [0.1, 0.15) is 19.3 Å². The van der Waals surface area contributed by atoms with E-state index in [2.05, 4.69) is 11.8 Å². The topological polar surface area (TPSA) is 0 Å². The van der Waals surface area contributed by atoms with E-state index in [1.54, 1.807) is 0 Å². The zero-order valence-corrected chi connectivity index (χ0v) is 7.68. The van der Waals surface area contributed by atoms with E-state index in [0.29, 0.717) is 0 Å². The van der Waals surface area contributed by atoms with E-state index >= 15 is 0 Å². The molecule has 0 aromatic rings. The van der Waals surface area contributed by atoms with Crippen molar-refractivity contribution in [2.75, 3.05) is 17.4 Å². The molecule has 10 heavy (non-hydrogen) atoms. The Balaban J connectivity index is 1.92. The van der Waals surface area contributed by atoms with Gasteiger partial charge in [0.2, 0.25) is 0 Å². The lowest BCUT2D eigenvalue weighted by molar-refractivity contribution is 0.433. The van der Waals surface area contributed by atoms with Crippen LogP contribution in [0, 0.1) is 11.3 Å². The van der Waals surface area contributed by atoms with Crippen molar-refractivity contribution < 1.29 is 0 Å². The standard InChI is InChI=1S/C8H13ClS/c9-6-7-5-8(7)1-3-10-4-2-8/h7H,1-6H2. The van der Waals surface area contributed by atoms with Crippen molar-refractivity contribution >= 4 is 23.4 Å². The molecule has 0 radical (unpaired) electrons. The maximum atomic E-state index is 5.81. The van der Waals surface area contributed by atoms with E-state index in [-0.39, 0.29) is 0 Å². The lowest BCUT2D eigenvalue weighted by atomic mass is 9.97. The monoisotopic (exact) mass is 176 g/mol. The third-order valence-corrected chi connectivity index (χ3v) is 4.39. The first-order valence-electron chi connectivity index (χ1n) is 4.01. The van der Waals surface area contributed by atoms with E-state index in [9.17, 15) is 0 Å². The van der Waals surface area contributed by atoms with Crippen molar-refractivity contribution in [3.63, 3.8) is 0 Å². The summed E-state index contributed by atoms with van der Waals surface area (Å²) in [5.74, 6) is 4.56. The molecule has 2 aliphatic rings. The molecule has 0 bridgehead atoms. The highest BCUT2D eigenvalue weighted by Gasteiger charge is 2.52. The summed E-state index contributed by atoms with van der Waals surface area (Å²) in [5.41, 5.74) is 0.743. The van der Waals surface area contributed by atoms with Crippen molar-refractivity contribution in [1.29, 1.82) is 0 Å². The Morgan fingerprint density at radius 1 is 1.40 bits per heavy atom. The molecule has 0 nitrogen and oxygen atoms in total. The third-order valence-electron chi connectivity index (χ3n) is 3.03. The number of alkyl halides is 1. The maximum Gasteiger partial charge on any atom is 0.0257 e. The van der Waals surface area contributed by atoms with E-state index in [0.717, 1.165) is 17.2 Å². The molecule has 58 valence electrons. The molecular formula is C8H13ClS. The molecule has 0 amide bonds. The average Bonchev–Trinajstić information content (AvgIpc) is 2.65. The van der Waals surface area contributed by atoms with Gasteiger partial charge < -0.3 is 0 Å². The van der Waals surface area contributed by atoms with Gasteiger partial charge >= 0.3 is 0 Å². The van der Waals surface area contributed by atoms with Crippen LogP contribution in [0.5, 0.6) is 0 Å². The highest BCUT2D eigenvalue weighted by Crippen LogP contribution is 2.60. The summed E-state index contributed by atoms with van der Waals surface area (Å²) in [6.45, 7) is 0. The van der Waals surface area contributed by atoms with Crippen LogP contribution in [0.15, 0.2) is 0 Å². The molecule has 2 fully saturated rings. The van der Waals surface area contributed by atoms with Gasteiger partial charge in [-0.05, 0) is 42.1 Å². The van der Waals surface area contributed by atoms with Gasteiger partial charge in [-0.1, -0.05) is 0 Å². The van der Waals surface area contributed by atoms with E-state index in [4.69, 9.17) is 11.6 Å². The lowest BCUT2D eigenvalue weighted by Crippen LogP contribution is -2.13. The van der Waals surface area contributed by atoms with E-state index < -0.39 is 0 Å². The van der Waals surface area contributed by atoms with Crippen LogP contribution in [-0.4, -0.2) is 17.4 Å². The largest absolute Gasteiger partial charge is 0.162 e. The molecule has 0 aromatic carbocycles. The van der Waals surface area contributed by atoms with Gasteiger partial charge in [0.1, 0.15) is 0 Å². The molecule has 1 aliphatic carbocycles. The first kappa shape index (κ1) is 7.30. The highest BCUT2D eigenvalue weighted by atomic mass is 35.5. The van der Waals surface area contributed by atoms with Gasteiger partial charge in [0.25, 0.3) is 0 Å². The van der Waals surface area contributed by atoms with Gasteiger partial charge in [0.15, 0.2) is 0 Å². The Hall–Kier alpha value is 0.640. The molecule has 2 heteroatoms. The van der Waals surface area contributed by atoms with Crippen LogP contribution in [0.4, 0.5) is 0 Å². The van der Waals surface area contributed by atoms with Gasteiger partial charge in [-0.3, -0.25) is 0 Å². The second kappa shape index (κ2) is 2.60. The predicted molar refractivity (Wildman–Crippen MR) is 47.8 cm³/mol. The fourth-order valence-corrected chi connectivity index (χ4v) is 3.78. The summed E-state index contributed by atoms with van der Waals surface area (Å²) >= 11 is 7.92. The summed E-state index contributed by atoms with van der Waals surface area (Å²) in [5, 5.41) is 0. The van der Waals surface area contributed by atoms with Gasteiger partial charge in [-0.25, -0.2) is 0 Å². The minimum atomic E-state index is 0.743. The number of hydrogen-bond acceptors (Lipinski definition) is 1. The first-order valence-corrected chi connectivity index (χ1v) is 5.70. The predicted octanol–water partition coefficient (Wildman–Crippen LogP) is 2.76. The molecule has 0 N–H and O–H groups in total. The molecule has 2 rings (SSSR count). The molecule has 0 aromatic heterocycles. The molecule has 1 unspecified atom stereocenters. The zero-order valence-electron chi connectivity index (χ0n) is 6.11. The second-order valence-electron chi connectivity index (χ2n) is 3.53. The molecule has 1 saturated heterocycles. The van der Waals surface area contributed by atoms with Crippen LogP contribution >= 0.6 is 23.4 Å². The van der Waals surface area contributed by atoms with Gasteiger partial charge in [0, 0.05) is 5.88 Å². The van der Waals surface area contributed by atoms with E-state index in [1.165, 1.54) is 30.8 Å². The van der Waals surface area contributed by atoms with Crippen molar-refractivity contribution in [3.05, 3.63) is 0 Å². The van der Waals surface area contributed by atoms with Crippen LogP contribution in [-0.2, 0) is 0 Å². The minimum absolute atomic E-state index is 0.743. The Labute approximate surface area is 71.7 Å². The van der Waals surface area contributed by atoms with Crippen molar-refractivity contribution in [3.8, 4) is 0 Å². The summed E-state index contributed by atoms with van der Waals surface area (Å²) in [7, 11) is 0. The number of halogens is 1. The Kier molecular flexibility index (Phi) is 1.90. The number of hydrogen-bond donors (Lipinski definition) is 0. The summed E-state index contributed by atoms with van der Waals surface area (Å²) in [6.07, 6.45) is 4.31. The zero-order chi connectivity index (χ0) is 7.03. The summed E-state index contributed by atoms with van der Waals surface area (Å²) in [4.78, 5) is 0. The Morgan fingerprint density at radius 3 is 2.60 bits per heavy atom. The van der Waals surface area contributed by atoms with Gasteiger partial charge in [-0.2, -0.15) is 11.8 Å². The van der Waals surface area contributed by atoms with Crippen molar-refractivity contribution in [2.24, 2.45) is 11.3 Å². The third kappa shape index (κ3) is 1.08. The Bertz CT molecular complexity index is 129. The maximum absolute atomic E-state index is 5.81. The average molecular weight is 177 g/mol. The summed E-state index contributed by atoms with van der Waals surface area (Å²) < 4.78 is 0. The smallest absolute Gasteiger partial charge is 0.0257 e. The normalized spacial score (nSPS) is 36.3. The van der Waals surface area contributed by atoms with Crippen LogP contribution in [0.2, 0.25) is 0 Å². The van der Waals surface area contributed by atoms with Crippen LogP contribution in [0.25, 0.3) is 0 Å². The number of thioether (sulfide) groups is 1. The second-order valence-corrected chi connectivity index (χ2v) is 5.06. The van der Waals surface area contributed by atoms with Crippen molar-refractivity contribution in [2.45, 2.75) is 19.3 Å². The quantitative estimate of drug-likeness (QED) is 0.554. The van der Waals surface area contributed by atoms with E-state index in [1.807, 2.05) is 0 Å². The van der Waals surface area contributed by atoms with Crippen LogP contribution in [0.3, 0.4) is 0 Å². The molecule has 1 heterocycles. The minimum Gasteiger partial charge on any atom is -0.162 e. The molecule has 1 atom stereocenters.